The minimum Gasteiger partial charge on any atom is -0.332 e. The van der Waals surface area contributed by atoms with E-state index in [0.29, 0.717) is 18.5 Å². The van der Waals surface area contributed by atoms with E-state index in [-0.39, 0.29) is 5.92 Å². The molecular weight excluding hydrogens is 308 g/mol. The van der Waals surface area contributed by atoms with Gasteiger partial charge in [0.25, 0.3) is 0 Å². The predicted octanol–water partition coefficient (Wildman–Crippen LogP) is 2.16. The number of pyridine rings is 1. The van der Waals surface area contributed by atoms with Crippen molar-refractivity contribution in [3.8, 4) is 0 Å². The van der Waals surface area contributed by atoms with Gasteiger partial charge in [-0.15, -0.1) is 11.3 Å². The number of rotatable bonds is 4. The number of piperidine rings is 1. The molecule has 5 rings (SSSR count). The number of amides is 1. The molecule has 2 bridgehead atoms. The summed E-state index contributed by atoms with van der Waals surface area (Å²) >= 11 is 1.59. The van der Waals surface area contributed by atoms with Gasteiger partial charge in [0.1, 0.15) is 0 Å². The molecule has 3 aliphatic heterocycles. The van der Waals surface area contributed by atoms with Crippen LogP contribution in [0.15, 0.2) is 35.4 Å². The summed E-state index contributed by atoms with van der Waals surface area (Å²) in [6, 6.07) is 4.38. The van der Waals surface area contributed by atoms with Gasteiger partial charge in [-0.1, -0.05) is 6.07 Å². The molecule has 0 aromatic carbocycles. The molecule has 0 radical (unpaired) electrons. The van der Waals surface area contributed by atoms with Crippen LogP contribution in [0.5, 0.6) is 0 Å². The Hall–Kier alpha value is -1.79. The maximum atomic E-state index is 12.8. The highest BCUT2D eigenvalue weighted by molar-refractivity contribution is 7.07. The van der Waals surface area contributed by atoms with E-state index >= 15 is 0 Å². The minimum atomic E-state index is 0.129. The molecule has 2 aromatic rings. The number of fused-ring (bicyclic) bond motifs is 4. The van der Waals surface area contributed by atoms with E-state index in [0.717, 1.165) is 38.2 Å². The Kier molecular flexibility index (Phi) is 4.10. The summed E-state index contributed by atoms with van der Waals surface area (Å²) in [5.74, 6) is 0.437. The zero-order chi connectivity index (χ0) is 15.6. The van der Waals surface area contributed by atoms with Crippen molar-refractivity contribution in [1.82, 2.24) is 19.8 Å². The van der Waals surface area contributed by atoms with Crippen LogP contribution in [0, 0.1) is 5.92 Å². The molecule has 0 aliphatic carbocycles. The van der Waals surface area contributed by atoms with Crippen LogP contribution < -0.4 is 0 Å². The topological polar surface area (TPSA) is 49.3 Å². The fourth-order valence-electron chi connectivity index (χ4n) is 3.71. The van der Waals surface area contributed by atoms with Crippen LogP contribution in [0.25, 0.3) is 0 Å². The Labute approximate surface area is 140 Å². The lowest BCUT2D eigenvalue weighted by molar-refractivity contribution is -0.140. The second-order valence-electron chi connectivity index (χ2n) is 6.43. The van der Waals surface area contributed by atoms with Gasteiger partial charge in [0, 0.05) is 43.4 Å². The Morgan fingerprint density at radius 2 is 2.22 bits per heavy atom. The van der Waals surface area contributed by atoms with Gasteiger partial charge in [0.2, 0.25) is 5.91 Å². The highest BCUT2D eigenvalue weighted by atomic mass is 32.1. The van der Waals surface area contributed by atoms with Crippen molar-refractivity contribution >= 4 is 17.2 Å². The minimum absolute atomic E-state index is 0.129. The number of aromatic nitrogens is 2. The third kappa shape index (κ3) is 3.14. The molecule has 6 heteroatoms. The van der Waals surface area contributed by atoms with Gasteiger partial charge in [-0.2, -0.15) is 0 Å². The zero-order valence-corrected chi connectivity index (χ0v) is 13.8. The van der Waals surface area contributed by atoms with Gasteiger partial charge in [-0.25, -0.2) is 4.98 Å². The van der Waals surface area contributed by atoms with Crippen molar-refractivity contribution in [2.75, 3.05) is 13.1 Å². The molecule has 3 saturated heterocycles. The van der Waals surface area contributed by atoms with Crippen molar-refractivity contribution in [3.63, 3.8) is 0 Å². The fraction of sp³-hybridized carbons (Fsp3) is 0.471. The summed E-state index contributed by atoms with van der Waals surface area (Å²) in [6.07, 6.45) is 5.83. The third-order valence-electron chi connectivity index (χ3n) is 4.81. The lowest BCUT2D eigenvalue weighted by Crippen LogP contribution is -2.47. The third-order valence-corrected chi connectivity index (χ3v) is 5.45. The Morgan fingerprint density at radius 3 is 3.00 bits per heavy atom. The number of carbonyl (C=O) groups is 1. The summed E-state index contributed by atoms with van der Waals surface area (Å²) in [4.78, 5) is 25.8. The monoisotopic (exact) mass is 328 g/mol. The largest absolute Gasteiger partial charge is 0.332 e. The van der Waals surface area contributed by atoms with Gasteiger partial charge < -0.3 is 4.90 Å². The standard InChI is InChI=1S/C17H20N4OS/c22-17-14-3-4-16(21(17)9-15-11-23-12-19-15)10-20(8-14)7-13-2-1-5-18-6-13/h1-2,5-6,11-12,14,16H,3-4,7-10H2/t14-,16+/m0/s1. The quantitative estimate of drug-likeness (QED) is 0.863. The van der Waals surface area contributed by atoms with Crippen molar-refractivity contribution in [2.24, 2.45) is 5.92 Å². The molecule has 0 spiro atoms. The number of nitrogens with zero attached hydrogens (tertiary/aromatic N) is 4. The van der Waals surface area contributed by atoms with Crippen molar-refractivity contribution in [1.29, 1.82) is 0 Å². The molecular formula is C17H20N4OS. The average molecular weight is 328 g/mol. The number of hydrogen-bond donors (Lipinski definition) is 0. The van der Waals surface area contributed by atoms with Crippen LogP contribution in [-0.4, -0.2) is 44.8 Å². The number of carbonyl (C=O) groups excluding carboxylic acids is 1. The first-order valence-electron chi connectivity index (χ1n) is 8.08. The molecule has 5 nitrogen and oxygen atoms in total. The Balaban J connectivity index is 1.50. The zero-order valence-electron chi connectivity index (χ0n) is 13.0. The molecule has 3 aliphatic rings. The van der Waals surface area contributed by atoms with Crippen molar-refractivity contribution in [2.45, 2.75) is 32.0 Å². The molecule has 0 saturated carbocycles. The molecule has 23 heavy (non-hydrogen) atoms. The van der Waals surface area contributed by atoms with Gasteiger partial charge >= 0.3 is 0 Å². The molecule has 0 N–H and O–H groups in total. The first kappa shape index (κ1) is 14.8. The van der Waals surface area contributed by atoms with Gasteiger partial charge in [0.15, 0.2) is 0 Å². The summed E-state index contributed by atoms with van der Waals surface area (Å²) < 4.78 is 0. The van der Waals surface area contributed by atoms with E-state index in [1.165, 1.54) is 5.56 Å². The van der Waals surface area contributed by atoms with Crippen molar-refractivity contribution in [3.05, 3.63) is 46.7 Å². The lowest BCUT2D eigenvalue weighted by Gasteiger charge is -2.35. The maximum absolute atomic E-state index is 12.8. The first-order chi connectivity index (χ1) is 11.3. The maximum Gasteiger partial charge on any atom is 0.227 e. The van der Waals surface area contributed by atoms with E-state index in [1.54, 1.807) is 17.5 Å². The summed E-state index contributed by atoms with van der Waals surface area (Å²) in [5.41, 5.74) is 4.06. The second-order valence-corrected chi connectivity index (χ2v) is 7.15. The van der Waals surface area contributed by atoms with Crippen LogP contribution in [0.2, 0.25) is 0 Å². The molecule has 1 amide bonds. The predicted molar refractivity (Wildman–Crippen MR) is 88.7 cm³/mol. The van der Waals surface area contributed by atoms with Gasteiger partial charge in [-0.3, -0.25) is 14.7 Å². The smallest absolute Gasteiger partial charge is 0.227 e. The first-order valence-corrected chi connectivity index (χ1v) is 9.02. The van der Waals surface area contributed by atoms with Crippen LogP contribution in [0.4, 0.5) is 0 Å². The summed E-state index contributed by atoms with van der Waals surface area (Å²) in [6.45, 7) is 3.34. The lowest BCUT2D eigenvalue weighted by atomic mass is 9.94. The van der Waals surface area contributed by atoms with E-state index in [9.17, 15) is 4.79 Å². The second kappa shape index (κ2) is 6.37. The van der Waals surface area contributed by atoms with Crippen LogP contribution in [-0.2, 0) is 17.9 Å². The summed E-state index contributed by atoms with van der Waals surface area (Å²) in [7, 11) is 0. The molecule has 0 unspecified atom stereocenters. The Morgan fingerprint density at radius 1 is 1.26 bits per heavy atom. The van der Waals surface area contributed by atoms with E-state index in [4.69, 9.17) is 0 Å². The highest BCUT2D eigenvalue weighted by Gasteiger charge is 2.40. The molecule has 2 aromatic heterocycles. The normalized spacial score (nSPS) is 24.9. The number of hydrogen-bond acceptors (Lipinski definition) is 5. The van der Waals surface area contributed by atoms with Crippen LogP contribution in [0.1, 0.15) is 24.1 Å². The van der Waals surface area contributed by atoms with Gasteiger partial charge in [0.05, 0.1) is 23.7 Å². The number of thiazole rings is 1. The van der Waals surface area contributed by atoms with E-state index in [2.05, 4.69) is 25.8 Å². The van der Waals surface area contributed by atoms with Crippen LogP contribution >= 0.6 is 11.3 Å². The summed E-state index contributed by atoms with van der Waals surface area (Å²) in [5, 5.41) is 2.04. The molecule has 5 heterocycles. The fourth-order valence-corrected chi connectivity index (χ4v) is 4.26. The van der Waals surface area contributed by atoms with Gasteiger partial charge in [-0.05, 0) is 24.5 Å². The van der Waals surface area contributed by atoms with E-state index in [1.807, 2.05) is 23.2 Å². The average Bonchev–Trinajstić information content (AvgIpc) is 2.95. The highest BCUT2D eigenvalue weighted by Crippen LogP contribution is 2.31. The Bertz CT molecular complexity index is 660. The van der Waals surface area contributed by atoms with Crippen LogP contribution in [0.3, 0.4) is 0 Å². The SMILES string of the molecule is O=C1[C@H]2CC[C@H](CN(Cc3cccnc3)C2)N1Cc1cscn1. The van der Waals surface area contributed by atoms with Crippen molar-refractivity contribution < 1.29 is 4.79 Å². The molecule has 120 valence electrons. The van der Waals surface area contributed by atoms with E-state index < -0.39 is 0 Å². The molecule has 2 atom stereocenters. The molecule has 3 fully saturated rings.